The number of hydrogen-bond acceptors (Lipinski definition) is 6. The molecular formula is C13H17N3O4. The summed E-state index contributed by atoms with van der Waals surface area (Å²) in [5.74, 6) is 0.412. The molecule has 1 N–H and O–H groups in total. The Balaban J connectivity index is 1.60. The highest BCUT2D eigenvalue weighted by molar-refractivity contribution is 5.29. The van der Waals surface area contributed by atoms with Gasteiger partial charge in [0.25, 0.3) is 5.69 Å². The molecule has 0 amide bonds. The number of nitro groups is 1. The zero-order chi connectivity index (χ0) is 14.0. The molecule has 7 heteroatoms. The summed E-state index contributed by atoms with van der Waals surface area (Å²) in [5, 5.41) is 13.9. The highest BCUT2D eigenvalue weighted by Crippen LogP contribution is 2.35. The lowest BCUT2D eigenvalue weighted by atomic mass is 9.89. The van der Waals surface area contributed by atoms with Gasteiger partial charge in [0.05, 0.1) is 17.1 Å². The molecule has 1 atom stereocenters. The van der Waals surface area contributed by atoms with Crippen molar-refractivity contribution in [2.45, 2.75) is 31.0 Å². The van der Waals surface area contributed by atoms with Crippen LogP contribution in [0.3, 0.4) is 0 Å². The van der Waals surface area contributed by atoms with Crippen LogP contribution >= 0.6 is 0 Å². The summed E-state index contributed by atoms with van der Waals surface area (Å²) in [7, 11) is 0. The topological polar surface area (TPSA) is 86.5 Å². The van der Waals surface area contributed by atoms with Crippen molar-refractivity contribution in [3.05, 3.63) is 28.4 Å². The molecule has 2 saturated heterocycles. The Hall–Kier alpha value is -1.73. The molecule has 0 bridgehead atoms. The van der Waals surface area contributed by atoms with Gasteiger partial charge in [0.15, 0.2) is 0 Å². The summed E-state index contributed by atoms with van der Waals surface area (Å²) in [6, 6.07) is 2.93. The number of nitrogens with zero attached hydrogens (tertiary/aromatic N) is 2. The predicted molar refractivity (Wildman–Crippen MR) is 70.7 cm³/mol. The SMILES string of the molecule is O=[N+]([O-])c1ccc(OC2COC3(CCNCC3)C2)nc1. The molecule has 2 aliphatic rings. The Morgan fingerprint density at radius 3 is 2.90 bits per heavy atom. The number of hydrogen-bond donors (Lipinski definition) is 1. The minimum atomic E-state index is -0.473. The van der Waals surface area contributed by atoms with Crippen molar-refractivity contribution in [2.24, 2.45) is 0 Å². The molecule has 0 aromatic carbocycles. The van der Waals surface area contributed by atoms with Crippen LogP contribution < -0.4 is 10.1 Å². The lowest BCUT2D eigenvalue weighted by Gasteiger charge is -2.32. The van der Waals surface area contributed by atoms with Crippen molar-refractivity contribution in [1.82, 2.24) is 10.3 Å². The van der Waals surface area contributed by atoms with E-state index in [1.54, 1.807) is 0 Å². The lowest BCUT2D eigenvalue weighted by Crippen LogP contribution is -2.41. The zero-order valence-electron chi connectivity index (χ0n) is 11.1. The highest BCUT2D eigenvalue weighted by Gasteiger charge is 2.42. The van der Waals surface area contributed by atoms with E-state index in [1.165, 1.54) is 18.3 Å². The van der Waals surface area contributed by atoms with Gasteiger partial charge in [0, 0.05) is 18.6 Å². The molecule has 1 unspecified atom stereocenters. The first kappa shape index (κ1) is 13.3. The molecule has 0 saturated carbocycles. The number of pyridine rings is 1. The predicted octanol–water partition coefficient (Wildman–Crippen LogP) is 1.28. The molecule has 1 aromatic rings. The maximum Gasteiger partial charge on any atom is 0.287 e. The average Bonchev–Trinajstić information content (AvgIpc) is 2.83. The molecule has 0 radical (unpaired) electrons. The van der Waals surface area contributed by atoms with Crippen LogP contribution in [0.4, 0.5) is 5.69 Å². The quantitative estimate of drug-likeness (QED) is 0.662. The molecule has 3 heterocycles. The van der Waals surface area contributed by atoms with Gasteiger partial charge in [-0.25, -0.2) is 4.98 Å². The van der Waals surface area contributed by atoms with Crippen molar-refractivity contribution < 1.29 is 14.4 Å². The summed E-state index contributed by atoms with van der Waals surface area (Å²) in [4.78, 5) is 14.1. The Bertz CT molecular complexity index is 485. The van der Waals surface area contributed by atoms with Gasteiger partial charge in [-0.05, 0) is 25.9 Å². The van der Waals surface area contributed by atoms with E-state index in [9.17, 15) is 10.1 Å². The maximum absolute atomic E-state index is 10.6. The van der Waals surface area contributed by atoms with E-state index in [0.29, 0.717) is 12.5 Å². The fraction of sp³-hybridized carbons (Fsp3) is 0.615. The van der Waals surface area contributed by atoms with E-state index >= 15 is 0 Å². The standard InChI is InChI=1S/C13H17N3O4/c17-16(18)10-1-2-12(15-8-10)20-11-7-13(19-9-11)3-5-14-6-4-13/h1-2,8,11,14H,3-7,9H2. The summed E-state index contributed by atoms with van der Waals surface area (Å²) < 4.78 is 11.7. The van der Waals surface area contributed by atoms with E-state index < -0.39 is 4.92 Å². The molecule has 0 aliphatic carbocycles. The third-order valence-corrected chi connectivity index (χ3v) is 3.91. The van der Waals surface area contributed by atoms with Crippen LogP contribution in [0.5, 0.6) is 5.88 Å². The third kappa shape index (κ3) is 2.73. The Kier molecular flexibility index (Phi) is 3.54. The maximum atomic E-state index is 10.6. The van der Waals surface area contributed by atoms with Crippen LogP contribution in [0.25, 0.3) is 0 Å². The molecule has 2 aliphatic heterocycles. The monoisotopic (exact) mass is 279 g/mol. The van der Waals surface area contributed by atoms with Gasteiger partial charge in [-0.3, -0.25) is 10.1 Å². The van der Waals surface area contributed by atoms with Gasteiger partial charge in [-0.15, -0.1) is 0 Å². The van der Waals surface area contributed by atoms with Crippen molar-refractivity contribution in [3.8, 4) is 5.88 Å². The first-order chi connectivity index (χ1) is 9.67. The van der Waals surface area contributed by atoms with Crippen LogP contribution in [-0.4, -0.2) is 41.3 Å². The molecule has 1 spiro atoms. The summed E-state index contributed by atoms with van der Waals surface area (Å²) in [6.07, 6.45) is 4.04. The van der Waals surface area contributed by atoms with Crippen LogP contribution in [-0.2, 0) is 4.74 Å². The first-order valence-electron chi connectivity index (χ1n) is 6.79. The average molecular weight is 279 g/mol. The van der Waals surface area contributed by atoms with Crippen molar-refractivity contribution in [1.29, 1.82) is 0 Å². The number of nitrogens with one attached hydrogen (secondary N) is 1. The van der Waals surface area contributed by atoms with Crippen LogP contribution in [0.1, 0.15) is 19.3 Å². The van der Waals surface area contributed by atoms with Gasteiger partial charge in [0.2, 0.25) is 5.88 Å². The normalized spacial score (nSPS) is 24.7. The van der Waals surface area contributed by atoms with Crippen LogP contribution in [0.2, 0.25) is 0 Å². The first-order valence-corrected chi connectivity index (χ1v) is 6.79. The second-order valence-corrected chi connectivity index (χ2v) is 5.30. The van der Waals surface area contributed by atoms with Crippen LogP contribution in [0, 0.1) is 10.1 Å². The van der Waals surface area contributed by atoms with Crippen molar-refractivity contribution in [2.75, 3.05) is 19.7 Å². The second kappa shape index (κ2) is 5.34. The highest BCUT2D eigenvalue weighted by atomic mass is 16.6. The second-order valence-electron chi connectivity index (χ2n) is 5.30. The minimum Gasteiger partial charge on any atom is -0.472 e. The minimum absolute atomic E-state index is 0.0259. The number of rotatable bonds is 3. The summed E-state index contributed by atoms with van der Waals surface area (Å²) in [6.45, 7) is 2.50. The fourth-order valence-corrected chi connectivity index (χ4v) is 2.83. The molecule has 20 heavy (non-hydrogen) atoms. The Morgan fingerprint density at radius 1 is 1.45 bits per heavy atom. The van der Waals surface area contributed by atoms with Crippen LogP contribution in [0.15, 0.2) is 18.3 Å². The van der Waals surface area contributed by atoms with E-state index in [-0.39, 0.29) is 17.4 Å². The van der Waals surface area contributed by atoms with Gasteiger partial charge in [0.1, 0.15) is 12.3 Å². The lowest BCUT2D eigenvalue weighted by molar-refractivity contribution is -0.385. The van der Waals surface area contributed by atoms with Gasteiger partial charge in [-0.2, -0.15) is 0 Å². The molecule has 1 aromatic heterocycles. The number of piperidine rings is 1. The third-order valence-electron chi connectivity index (χ3n) is 3.91. The van der Waals surface area contributed by atoms with E-state index in [4.69, 9.17) is 9.47 Å². The number of ether oxygens (including phenoxy) is 2. The largest absolute Gasteiger partial charge is 0.472 e. The van der Waals surface area contributed by atoms with E-state index in [1.807, 2.05) is 0 Å². The van der Waals surface area contributed by atoms with E-state index in [0.717, 1.165) is 32.4 Å². The van der Waals surface area contributed by atoms with Crippen molar-refractivity contribution in [3.63, 3.8) is 0 Å². The molecule has 2 fully saturated rings. The van der Waals surface area contributed by atoms with E-state index in [2.05, 4.69) is 10.3 Å². The zero-order valence-corrected chi connectivity index (χ0v) is 11.1. The summed E-state index contributed by atoms with van der Waals surface area (Å²) >= 11 is 0. The Morgan fingerprint density at radius 2 is 2.25 bits per heavy atom. The van der Waals surface area contributed by atoms with Crippen molar-refractivity contribution >= 4 is 5.69 Å². The fourth-order valence-electron chi connectivity index (χ4n) is 2.83. The molecule has 7 nitrogen and oxygen atoms in total. The molecule has 3 rings (SSSR count). The molecular weight excluding hydrogens is 262 g/mol. The Labute approximate surface area is 116 Å². The van der Waals surface area contributed by atoms with Gasteiger partial charge >= 0.3 is 0 Å². The number of aromatic nitrogens is 1. The smallest absolute Gasteiger partial charge is 0.287 e. The molecule has 108 valence electrons. The van der Waals surface area contributed by atoms with Gasteiger partial charge < -0.3 is 14.8 Å². The van der Waals surface area contributed by atoms with Gasteiger partial charge in [-0.1, -0.05) is 0 Å². The summed E-state index contributed by atoms with van der Waals surface area (Å²) in [5.41, 5.74) is -0.0914.